The number of sulfonamides is 1. The molecule has 7 heteroatoms. The van der Waals surface area contributed by atoms with Gasteiger partial charge in [0.2, 0.25) is 10.0 Å². The van der Waals surface area contributed by atoms with Crippen molar-refractivity contribution in [2.45, 2.75) is 11.4 Å². The molecule has 0 aromatic heterocycles. The van der Waals surface area contributed by atoms with Gasteiger partial charge in [-0.3, -0.25) is 0 Å². The van der Waals surface area contributed by atoms with Gasteiger partial charge in [0.05, 0.1) is 0 Å². The van der Waals surface area contributed by atoms with E-state index in [0.717, 1.165) is 12.1 Å². The lowest BCUT2D eigenvalue weighted by Crippen LogP contribution is -2.24. The van der Waals surface area contributed by atoms with E-state index >= 15 is 0 Å². The van der Waals surface area contributed by atoms with Crippen LogP contribution in [0.2, 0.25) is 0 Å². The molecule has 0 bridgehead atoms. The number of nitriles is 1. The van der Waals surface area contributed by atoms with Gasteiger partial charge in [-0.2, -0.15) is 5.26 Å². The molecular formula is C14H11FN2O3S. The largest absolute Gasteiger partial charge is 0.508 e. The van der Waals surface area contributed by atoms with E-state index in [1.165, 1.54) is 18.2 Å². The van der Waals surface area contributed by atoms with Crippen LogP contribution in [0.1, 0.15) is 11.1 Å². The normalized spacial score (nSPS) is 11.0. The first-order valence-corrected chi connectivity index (χ1v) is 7.38. The zero-order valence-electron chi connectivity index (χ0n) is 10.7. The SMILES string of the molecule is N#Cc1c(F)cccc1S(=O)(=O)NCc1cccc(O)c1. The maximum Gasteiger partial charge on any atom is 0.242 e. The van der Waals surface area contributed by atoms with Crippen molar-refractivity contribution in [2.75, 3.05) is 0 Å². The van der Waals surface area contributed by atoms with Gasteiger partial charge in [-0.25, -0.2) is 17.5 Å². The highest BCUT2D eigenvalue weighted by atomic mass is 32.2. The van der Waals surface area contributed by atoms with E-state index in [9.17, 15) is 17.9 Å². The number of nitrogens with zero attached hydrogens (tertiary/aromatic N) is 1. The van der Waals surface area contributed by atoms with Gasteiger partial charge in [-0.05, 0) is 29.8 Å². The Labute approximate surface area is 121 Å². The molecule has 2 aromatic carbocycles. The first-order chi connectivity index (χ1) is 9.94. The van der Waals surface area contributed by atoms with Crippen LogP contribution in [0.3, 0.4) is 0 Å². The number of hydrogen-bond donors (Lipinski definition) is 2. The lowest BCUT2D eigenvalue weighted by Gasteiger charge is -2.09. The second-order valence-corrected chi connectivity index (χ2v) is 5.95. The maximum atomic E-state index is 13.4. The van der Waals surface area contributed by atoms with Crippen LogP contribution in [-0.2, 0) is 16.6 Å². The second-order valence-electron chi connectivity index (χ2n) is 4.22. The molecule has 0 fully saturated rings. The highest BCUT2D eigenvalue weighted by Crippen LogP contribution is 2.18. The first kappa shape index (κ1) is 15.0. The van der Waals surface area contributed by atoms with Crippen molar-refractivity contribution in [3.8, 4) is 11.8 Å². The van der Waals surface area contributed by atoms with Crippen LogP contribution < -0.4 is 4.72 Å². The Bertz CT molecular complexity index is 813. The molecular weight excluding hydrogens is 295 g/mol. The molecule has 0 amide bonds. The minimum atomic E-state index is -4.03. The van der Waals surface area contributed by atoms with Crippen molar-refractivity contribution in [2.24, 2.45) is 0 Å². The van der Waals surface area contributed by atoms with E-state index in [-0.39, 0.29) is 12.3 Å². The number of rotatable bonds is 4. The van der Waals surface area contributed by atoms with Gasteiger partial charge in [-0.15, -0.1) is 0 Å². The lowest BCUT2D eigenvalue weighted by atomic mass is 10.2. The quantitative estimate of drug-likeness (QED) is 0.902. The number of benzene rings is 2. The number of nitrogens with one attached hydrogen (secondary N) is 1. The van der Waals surface area contributed by atoms with Gasteiger partial charge in [-0.1, -0.05) is 18.2 Å². The summed E-state index contributed by atoms with van der Waals surface area (Å²) in [6, 6.07) is 11.0. The summed E-state index contributed by atoms with van der Waals surface area (Å²) in [5.41, 5.74) is 0.00870. The topological polar surface area (TPSA) is 90.2 Å². The van der Waals surface area contributed by atoms with E-state index in [1.54, 1.807) is 18.2 Å². The molecule has 0 atom stereocenters. The average molecular weight is 306 g/mol. The fourth-order valence-electron chi connectivity index (χ4n) is 1.76. The number of halogens is 1. The third-order valence-electron chi connectivity index (χ3n) is 2.75. The van der Waals surface area contributed by atoms with Crippen molar-refractivity contribution in [3.05, 3.63) is 59.4 Å². The highest BCUT2D eigenvalue weighted by Gasteiger charge is 2.20. The third-order valence-corrected chi connectivity index (χ3v) is 4.20. The maximum absolute atomic E-state index is 13.4. The zero-order chi connectivity index (χ0) is 15.5. The second kappa shape index (κ2) is 5.91. The Kier molecular flexibility index (Phi) is 4.21. The van der Waals surface area contributed by atoms with Crippen molar-refractivity contribution in [1.82, 2.24) is 4.72 Å². The lowest BCUT2D eigenvalue weighted by molar-refractivity contribution is 0.474. The summed E-state index contributed by atoms with van der Waals surface area (Å²) in [5, 5.41) is 18.2. The molecule has 0 saturated heterocycles. The molecule has 2 rings (SSSR count). The smallest absolute Gasteiger partial charge is 0.242 e. The minimum Gasteiger partial charge on any atom is -0.508 e. The van der Waals surface area contributed by atoms with Gasteiger partial charge in [0, 0.05) is 6.54 Å². The Balaban J connectivity index is 2.28. The number of phenolic OH excluding ortho intramolecular Hbond substituents is 1. The van der Waals surface area contributed by atoms with E-state index in [4.69, 9.17) is 5.26 Å². The van der Waals surface area contributed by atoms with Crippen LogP contribution in [0, 0.1) is 17.1 Å². The first-order valence-electron chi connectivity index (χ1n) is 5.90. The van der Waals surface area contributed by atoms with Crippen molar-refractivity contribution < 1.29 is 17.9 Å². The van der Waals surface area contributed by atoms with Crippen LogP contribution in [-0.4, -0.2) is 13.5 Å². The standard InChI is InChI=1S/C14H11FN2O3S/c15-13-5-2-6-14(12(13)8-16)21(19,20)17-9-10-3-1-4-11(18)7-10/h1-7,17-18H,9H2. The highest BCUT2D eigenvalue weighted by molar-refractivity contribution is 7.89. The molecule has 108 valence electrons. The summed E-state index contributed by atoms with van der Waals surface area (Å²) in [4.78, 5) is -0.412. The Morgan fingerprint density at radius 1 is 1.24 bits per heavy atom. The molecule has 0 heterocycles. The average Bonchev–Trinajstić information content (AvgIpc) is 2.45. The van der Waals surface area contributed by atoms with Gasteiger partial charge >= 0.3 is 0 Å². The molecule has 0 aliphatic carbocycles. The summed E-state index contributed by atoms with van der Waals surface area (Å²) in [6.45, 7) is -0.0852. The van der Waals surface area contributed by atoms with Crippen LogP contribution in [0.5, 0.6) is 5.75 Å². The molecule has 21 heavy (non-hydrogen) atoms. The minimum absolute atomic E-state index is 0.00941. The summed E-state index contributed by atoms with van der Waals surface area (Å²) in [6.07, 6.45) is 0. The summed E-state index contributed by atoms with van der Waals surface area (Å²) in [5.74, 6) is -0.882. The van der Waals surface area contributed by atoms with E-state index in [1.807, 2.05) is 0 Å². The number of hydrogen-bond acceptors (Lipinski definition) is 4. The summed E-state index contributed by atoms with van der Waals surface area (Å²) in [7, 11) is -4.03. The Morgan fingerprint density at radius 2 is 1.95 bits per heavy atom. The van der Waals surface area contributed by atoms with Crippen molar-refractivity contribution in [3.63, 3.8) is 0 Å². The molecule has 0 aliphatic heterocycles. The van der Waals surface area contributed by atoms with E-state index < -0.39 is 26.3 Å². The Hall–Kier alpha value is -2.43. The van der Waals surface area contributed by atoms with Gasteiger partial charge < -0.3 is 5.11 Å². The molecule has 0 radical (unpaired) electrons. The number of phenols is 1. The van der Waals surface area contributed by atoms with Gasteiger partial charge in [0.25, 0.3) is 0 Å². The fourth-order valence-corrected chi connectivity index (χ4v) is 2.94. The van der Waals surface area contributed by atoms with Crippen LogP contribution in [0.4, 0.5) is 4.39 Å². The van der Waals surface area contributed by atoms with E-state index in [0.29, 0.717) is 5.56 Å². The predicted octanol–water partition coefficient (Wildman–Crippen LogP) is 1.88. The van der Waals surface area contributed by atoms with E-state index in [2.05, 4.69) is 4.72 Å². The fraction of sp³-hybridized carbons (Fsp3) is 0.0714. The van der Waals surface area contributed by atoms with Crippen molar-refractivity contribution in [1.29, 1.82) is 5.26 Å². The summed E-state index contributed by atoms with van der Waals surface area (Å²) >= 11 is 0. The predicted molar refractivity (Wildman–Crippen MR) is 73.2 cm³/mol. The molecule has 0 aliphatic rings. The Morgan fingerprint density at radius 3 is 2.62 bits per heavy atom. The molecule has 0 unspecified atom stereocenters. The molecule has 0 saturated carbocycles. The van der Waals surface area contributed by atoms with Crippen LogP contribution in [0.15, 0.2) is 47.4 Å². The third kappa shape index (κ3) is 3.37. The van der Waals surface area contributed by atoms with Crippen LogP contribution >= 0.6 is 0 Å². The zero-order valence-corrected chi connectivity index (χ0v) is 11.6. The monoisotopic (exact) mass is 306 g/mol. The van der Waals surface area contributed by atoms with Crippen molar-refractivity contribution >= 4 is 10.0 Å². The van der Waals surface area contributed by atoms with Gasteiger partial charge in [0.15, 0.2) is 0 Å². The van der Waals surface area contributed by atoms with Crippen LogP contribution in [0.25, 0.3) is 0 Å². The molecule has 2 aromatic rings. The number of aromatic hydroxyl groups is 1. The molecule has 5 nitrogen and oxygen atoms in total. The molecule has 0 spiro atoms. The van der Waals surface area contributed by atoms with Gasteiger partial charge in [0.1, 0.15) is 28.1 Å². The molecule has 2 N–H and O–H groups in total. The summed E-state index contributed by atoms with van der Waals surface area (Å²) < 4.78 is 40.0.